The van der Waals surface area contributed by atoms with Crippen molar-refractivity contribution in [2.75, 3.05) is 20.6 Å². The van der Waals surface area contributed by atoms with Crippen LogP contribution < -0.4 is 5.69 Å². The van der Waals surface area contributed by atoms with E-state index in [0.29, 0.717) is 5.25 Å². The average Bonchev–Trinajstić information content (AvgIpc) is 3.04. The van der Waals surface area contributed by atoms with E-state index in [1.807, 2.05) is 24.7 Å². The van der Waals surface area contributed by atoms with Gasteiger partial charge in [-0.25, -0.2) is 4.79 Å². The van der Waals surface area contributed by atoms with Crippen LogP contribution in [0.15, 0.2) is 40.2 Å². The van der Waals surface area contributed by atoms with E-state index in [1.54, 1.807) is 11.8 Å². The highest BCUT2D eigenvalue weighted by atomic mass is 32.2. The Morgan fingerprint density at radius 2 is 2.00 bits per heavy atom. The number of aromatic nitrogens is 2. The minimum absolute atomic E-state index is 0.0970. The molecule has 1 atom stereocenters. The lowest BCUT2D eigenvalue weighted by atomic mass is 10.2. The molecule has 3 rings (SSSR count). The lowest BCUT2D eigenvalue weighted by Gasteiger charge is -2.18. The molecule has 0 spiro atoms. The quantitative estimate of drug-likeness (QED) is 0.596. The van der Waals surface area contributed by atoms with Crippen LogP contribution in [0.5, 0.6) is 0 Å². The minimum atomic E-state index is -0.0970. The third kappa shape index (κ3) is 3.73. The highest BCUT2D eigenvalue weighted by Gasteiger charge is 2.23. The molecule has 0 saturated carbocycles. The van der Waals surface area contributed by atoms with Gasteiger partial charge in [0.2, 0.25) is 0 Å². The van der Waals surface area contributed by atoms with Gasteiger partial charge in [0.25, 0.3) is 0 Å². The minimum Gasteiger partial charge on any atom is -0.308 e. The van der Waals surface area contributed by atoms with Crippen LogP contribution in [-0.4, -0.2) is 35.1 Å². The van der Waals surface area contributed by atoms with Crippen molar-refractivity contribution in [2.24, 2.45) is 0 Å². The van der Waals surface area contributed by atoms with Gasteiger partial charge in [-0.15, -0.1) is 0 Å². The molecule has 5 heteroatoms. The fourth-order valence-electron chi connectivity index (χ4n) is 3.17. The zero-order chi connectivity index (χ0) is 17.1. The summed E-state index contributed by atoms with van der Waals surface area (Å²) < 4.78 is 1.89. The third-order valence-electron chi connectivity index (χ3n) is 4.53. The Hall–Kier alpha value is -1.59. The zero-order valence-electron chi connectivity index (χ0n) is 14.7. The van der Waals surface area contributed by atoms with Gasteiger partial charge in [-0.05, 0) is 45.8 Å². The van der Waals surface area contributed by atoms with Crippen LogP contribution in [0.3, 0.4) is 0 Å². The molecule has 1 aromatic carbocycles. The molecule has 0 aliphatic heterocycles. The van der Waals surface area contributed by atoms with E-state index < -0.39 is 0 Å². The van der Waals surface area contributed by atoms with Crippen LogP contribution in [0.2, 0.25) is 0 Å². The maximum atomic E-state index is 12.6. The van der Waals surface area contributed by atoms with Gasteiger partial charge in [0, 0.05) is 29.6 Å². The Balaban J connectivity index is 1.89. The second kappa shape index (κ2) is 7.53. The predicted octanol–water partition coefficient (Wildman–Crippen LogP) is 3.15. The molecule has 1 heterocycles. The largest absolute Gasteiger partial charge is 0.348 e. The Morgan fingerprint density at radius 1 is 1.25 bits per heavy atom. The maximum absolute atomic E-state index is 12.6. The Bertz CT molecular complexity index is 755. The lowest BCUT2D eigenvalue weighted by molar-refractivity contribution is 0.375. The molecule has 1 aromatic heterocycles. The molecule has 2 aromatic rings. The summed E-state index contributed by atoms with van der Waals surface area (Å²) in [4.78, 5) is 19.1. The number of rotatable bonds is 6. The molecule has 0 fully saturated rings. The third-order valence-corrected chi connectivity index (χ3v) is 5.72. The molecule has 0 amide bonds. The van der Waals surface area contributed by atoms with E-state index >= 15 is 0 Å². The number of hydrogen-bond donors (Lipinski definition) is 0. The predicted molar refractivity (Wildman–Crippen MR) is 99.8 cm³/mol. The average molecular weight is 343 g/mol. The summed E-state index contributed by atoms with van der Waals surface area (Å²) in [6, 6.07) is 10.4. The monoisotopic (exact) mass is 343 g/mol. The van der Waals surface area contributed by atoms with Gasteiger partial charge >= 0.3 is 5.69 Å². The topological polar surface area (TPSA) is 38.1 Å². The van der Waals surface area contributed by atoms with Gasteiger partial charge in [-0.1, -0.05) is 42.1 Å². The number of hydrogen-bond acceptors (Lipinski definition) is 4. The lowest BCUT2D eigenvalue weighted by Crippen LogP contribution is -2.31. The summed E-state index contributed by atoms with van der Waals surface area (Å²) in [7, 11) is 4.06. The van der Waals surface area contributed by atoms with Gasteiger partial charge in [-0.3, -0.25) is 4.57 Å². The summed E-state index contributed by atoms with van der Waals surface area (Å²) in [6.45, 7) is 3.77. The van der Waals surface area contributed by atoms with E-state index in [0.717, 1.165) is 37.4 Å². The van der Waals surface area contributed by atoms with Gasteiger partial charge in [-0.2, -0.15) is 4.98 Å². The standard InChI is InChI=1S/C19H25N3OS/c1-14(15-8-5-4-6-9-15)24-18-16-10-7-11-17(16)22(19(23)20-18)13-12-21(2)3/h4-6,8-9,14H,7,10-13H2,1-3H3. The zero-order valence-corrected chi connectivity index (χ0v) is 15.5. The van der Waals surface area contributed by atoms with Crippen molar-refractivity contribution >= 4 is 11.8 Å². The summed E-state index contributed by atoms with van der Waals surface area (Å²) >= 11 is 1.71. The molecule has 0 bridgehead atoms. The first-order valence-electron chi connectivity index (χ1n) is 8.55. The number of benzene rings is 1. The molecule has 0 saturated heterocycles. The molecular weight excluding hydrogens is 318 g/mol. The summed E-state index contributed by atoms with van der Waals surface area (Å²) in [5, 5.41) is 1.23. The van der Waals surface area contributed by atoms with Crippen LogP contribution in [0.1, 0.15) is 35.4 Å². The van der Waals surface area contributed by atoms with E-state index in [9.17, 15) is 4.79 Å². The van der Waals surface area contributed by atoms with Gasteiger partial charge in [0.05, 0.1) is 0 Å². The molecule has 4 nitrogen and oxygen atoms in total. The number of nitrogens with zero attached hydrogens (tertiary/aromatic N) is 3. The van der Waals surface area contributed by atoms with Crippen LogP contribution in [0.25, 0.3) is 0 Å². The number of thioether (sulfide) groups is 1. The summed E-state index contributed by atoms with van der Waals surface area (Å²) in [5.74, 6) is 0. The second-order valence-electron chi connectivity index (χ2n) is 6.60. The van der Waals surface area contributed by atoms with E-state index in [-0.39, 0.29) is 5.69 Å². The van der Waals surface area contributed by atoms with E-state index in [4.69, 9.17) is 0 Å². The highest BCUT2D eigenvalue weighted by Crippen LogP contribution is 2.37. The van der Waals surface area contributed by atoms with Crippen molar-refractivity contribution in [3.8, 4) is 0 Å². The molecule has 24 heavy (non-hydrogen) atoms. The van der Waals surface area contributed by atoms with Crippen molar-refractivity contribution in [3.63, 3.8) is 0 Å². The maximum Gasteiger partial charge on any atom is 0.348 e. The molecule has 0 N–H and O–H groups in total. The van der Waals surface area contributed by atoms with Crippen molar-refractivity contribution in [1.29, 1.82) is 0 Å². The second-order valence-corrected chi connectivity index (χ2v) is 7.93. The van der Waals surface area contributed by atoms with Gasteiger partial charge in [0.15, 0.2) is 0 Å². The summed E-state index contributed by atoms with van der Waals surface area (Å²) in [6.07, 6.45) is 3.15. The SMILES string of the molecule is CC(Sc1nc(=O)n(CCN(C)C)c2c1CCC2)c1ccccc1. The van der Waals surface area contributed by atoms with Crippen molar-refractivity contribution in [3.05, 3.63) is 57.6 Å². The Labute approximate surface area is 147 Å². The van der Waals surface area contributed by atoms with E-state index in [1.165, 1.54) is 16.8 Å². The van der Waals surface area contributed by atoms with Crippen molar-refractivity contribution < 1.29 is 0 Å². The number of likely N-dealkylation sites (N-methyl/N-ethyl adjacent to an activating group) is 1. The molecule has 128 valence electrons. The highest BCUT2D eigenvalue weighted by molar-refractivity contribution is 7.99. The summed E-state index contributed by atoms with van der Waals surface area (Å²) in [5.41, 5.74) is 3.67. The molecule has 0 radical (unpaired) electrons. The first-order valence-corrected chi connectivity index (χ1v) is 9.43. The van der Waals surface area contributed by atoms with Crippen LogP contribution in [-0.2, 0) is 19.4 Å². The fourth-order valence-corrected chi connectivity index (χ4v) is 4.29. The molecular formula is C19H25N3OS. The smallest absolute Gasteiger partial charge is 0.308 e. The van der Waals surface area contributed by atoms with Crippen LogP contribution >= 0.6 is 11.8 Å². The Morgan fingerprint density at radius 3 is 2.71 bits per heavy atom. The molecule has 1 aliphatic rings. The molecule has 1 aliphatic carbocycles. The van der Waals surface area contributed by atoms with Crippen molar-refractivity contribution in [2.45, 2.75) is 43.0 Å². The first-order chi connectivity index (χ1) is 11.6. The van der Waals surface area contributed by atoms with Crippen LogP contribution in [0.4, 0.5) is 0 Å². The molecule has 1 unspecified atom stereocenters. The first kappa shape index (κ1) is 17.2. The van der Waals surface area contributed by atoms with Crippen molar-refractivity contribution in [1.82, 2.24) is 14.5 Å². The van der Waals surface area contributed by atoms with Gasteiger partial charge in [0.1, 0.15) is 5.03 Å². The van der Waals surface area contributed by atoms with Crippen LogP contribution in [0, 0.1) is 0 Å². The number of fused-ring (bicyclic) bond motifs is 1. The van der Waals surface area contributed by atoms with E-state index in [2.05, 4.69) is 41.1 Å². The fraction of sp³-hybridized carbons (Fsp3) is 0.474. The van der Waals surface area contributed by atoms with Gasteiger partial charge < -0.3 is 4.90 Å². The normalized spacial score (nSPS) is 14.8. The Kier molecular flexibility index (Phi) is 5.41.